The van der Waals surface area contributed by atoms with Gasteiger partial charge in [0.2, 0.25) is 0 Å². The van der Waals surface area contributed by atoms with Gasteiger partial charge in [-0.05, 0) is 36.6 Å². The smallest absolute Gasteiger partial charge is 0.335 e. The van der Waals surface area contributed by atoms with E-state index in [1.165, 1.54) is 6.07 Å². The van der Waals surface area contributed by atoms with Crippen LogP contribution in [0.2, 0.25) is 0 Å². The summed E-state index contributed by atoms with van der Waals surface area (Å²) < 4.78 is 4.89. The third kappa shape index (κ3) is 3.08. The summed E-state index contributed by atoms with van der Waals surface area (Å²) in [5.41, 5.74) is 1.94. The molecule has 20 heavy (non-hydrogen) atoms. The lowest BCUT2D eigenvalue weighted by Gasteiger charge is -2.29. The predicted octanol–water partition coefficient (Wildman–Crippen LogP) is 1.49. The molecular weight excluding hydrogens is 260 g/mol. The zero-order valence-corrected chi connectivity index (χ0v) is 11.4. The van der Waals surface area contributed by atoms with Crippen molar-refractivity contribution in [2.75, 3.05) is 31.7 Å². The molecule has 0 aromatic heterocycles. The first kappa shape index (κ1) is 14.3. The van der Waals surface area contributed by atoms with Gasteiger partial charge in [0, 0.05) is 25.9 Å². The molecule has 0 saturated heterocycles. The average molecular weight is 278 g/mol. The highest BCUT2D eigenvalue weighted by molar-refractivity contribution is 5.95. The number of aromatic carboxylic acids is 1. The molecule has 108 valence electrons. The fourth-order valence-corrected chi connectivity index (χ4v) is 2.30. The number of anilines is 1. The minimum Gasteiger partial charge on any atom is -0.478 e. The molecule has 2 N–H and O–H groups in total. The lowest BCUT2D eigenvalue weighted by atomic mass is 9.99. The van der Waals surface area contributed by atoms with Crippen molar-refractivity contribution in [2.24, 2.45) is 0 Å². The molecule has 1 heterocycles. The third-order valence-corrected chi connectivity index (χ3v) is 3.27. The monoisotopic (exact) mass is 278 g/mol. The van der Waals surface area contributed by atoms with Crippen LogP contribution >= 0.6 is 0 Å². The Morgan fingerprint density at radius 3 is 2.95 bits per heavy atom. The number of benzene rings is 1. The molecule has 0 aliphatic carbocycles. The molecular formula is C14H18N2O4. The molecule has 0 saturated carbocycles. The summed E-state index contributed by atoms with van der Waals surface area (Å²) in [7, 11) is 1.58. The fourth-order valence-electron chi connectivity index (χ4n) is 2.30. The van der Waals surface area contributed by atoms with Crippen molar-refractivity contribution in [2.45, 2.75) is 12.8 Å². The summed E-state index contributed by atoms with van der Waals surface area (Å²) in [5.74, 6) is -0.950. The molecule has 0 fully saturated rings. The number of hydrogen-bond donors (Lipinski definition) is 2. The number of hydrogen-bond acceptors (Lipinski definition) is 3. The maximum absolute atomic E-state index is 12.1. The Labute approximate surface area is 117 Å². The van der Waals surface area contributed by atoms with Crippen LogP contribution in [0.25, 0.3) is 0 Å². The van der Waals surface area contributed by atoms with E-state index >= 15 is 0 Å². The first-order chi connectivity index (χ1) is 9.63. The van der Waals surface area contributed by atoms with Crippen LogP contribution in [0.5, 0.6) is 0 Å². The number of ether oxygens (including phenoxy) is 1. The maximum Gasteiger partial charge on any atom is 0.335 e. The van der Waals surface area contributed by atoms with Crippen molar-refractivity contribution in [3.63, 3.8) is 0 Å². The van der Waals surface area contributed by atoms with Gasteiger partial charge in [0.15, 0.2) is 0 Å². The summed E-state index contributed by atoms with van der Waals surface area (Å²) in [6.07, 6.45) is 1.62. The highest BCUT2D eigenvalue weighted by atomic mass is 16.5. The molecule has 1 aromatic rings. The lowest BCUT2D eigenvalue weighted by Crippen LogP contribution is -2.43. The van der Waals surface area contributed by atoms with E-state index < -0.39 is 5.97 Å². The Bertz CT molecular complexity index is 516. The van der Waals surface area contributed by atoms with Crippen molar-refractivity contribution in [3.8, 4) is 0 Å². The molecule has 0 atom stereocenters. The van der Waals surface area contributed by atoms with E-state index in [0.29, 0.717) is 19.7 Å². The van der Waals surface area contributed by atoms with E-state index in [-0.39, 0.29) is 11.6 Å². The summed E-state index contributed by atoms with van der Waals surface area (Å²) >= 11 is 0. The van der Waals surface area contributed by atoms with Crippen LogP contribution in [0.4, 0.5) is 10.5 Å². The minimum absolute atomic E-state index is 0.175. The van der Waals surface area contributed by atoms with Crippen LogP contribution in [0, 0.1) is 0 Å². The van der Waals surface area contributed by atoms with Gasteiger partial charge in [0.25, 0.3) is 0 Å². The second kappa shape index (κ2) is 6.38. The number of aryl methyl sites for hydroxylation is 1. The Kier molecular flexibility index (Phi) is 4.57. The van der Waals surface area contributed by atoms with Crippen LogP contribution in [0.3, 0.4) is 0 Å². The molecule has 0 unspecified atom stereocenters. The molecule has 1 aromatic carbocycles. The van der Waals surface area contributed by atoms with Gasteiger partial charge in [-0.25, -0.2) is 9.59 Å². The van der Waals surface area contributed by atoms with Crippen molar-refractivity contribution in [3.05, 3.63) is 29.3 Å². The van der Waals surface area contributed by atoms with Crippen LogP contribution in [-0.4, -0.2) is 43.9 Å². The van der Waals surface area contributed by atoms with Gasteiger partial charge < -0.3 is 15.2 Å². The van der Waals surface area contributed by atoms with Crippen LogP contribution in [0.1, 0.15) is 22.3 Å². The summed E-state index contributed by atoms with van der Waals surface area (Å²) in [5, 5.41) is 11.8. The fraction of sp³-hybridized carbons (Fsp3) is 0.429. The highest BCUT2D eigenvalue weighted by Gasteiger charge is 2.23. The zero-order chi connectivity index (χ0) is 14.5. The molecule has 6 nitrogen and oxygen atoms in total. The summed E-state index contributed by atoms with van der Waals surface area (Å²) in [4.78, 5) is 24.7. The Hall–Kier alpha value is -2.08. The normalized spacial score (nSPS) is 13.8. The van der Waals surface area contributed by atoms with Gasteiger partial charge in [0.05, 0.1) is 12.2 Å². The topological polar surface area (TPSA) is 78.9 Å². The second-order valence-corrected chi connectivity index (χ2v) is 4.63. The van der Waals surface area contributed by atoms with Crippen molar-refractivity contribution in [1.29, 1.82) is 0 Å². The van der Waals surface area contributed by atoms with Gasteiger partial charge in [-0.15, -0.1) is 0 Å². The van der Waals surface area contributed by atoms with E-state index in [9.17, 15) is 9.59 Å². The number of rotatable bonds is 4. The number of methoxy groups -OCH3 is 1. The van der Waals surface area contributed by atoms with Crippen molar-refractivity contribution >= 4 is 17.7 Å². The molecule has 0 bridgehead atoms. The van der Waals surface area contributed by atoms with E-state index in [1.54, 1.807) is 24.1 Å². The summed E-state index contributed by atoms with van der Waals surface area (Å²) in [6.45, 7) is 1.55. The van der Waals surface area contributed by atoms with Gasteiger partial charge in [0.1, 0.15) is 0 Å². The van der Waals surface area contributed by atoms with Crippen molar-refractivity contribution < 1.29 is 19.4 Å². The number of nitrogens with one attached hydrogen (secondary N) is 1. The second-order valence-electron chi connectivity index (χ2n) is 4.63. The van der Waals surface area contributed by atoms with Gasteiger partial charge in [-0.1, -0.05) is 0 Å². The number of fused-ring (bicyclic) bond motifs is 1. The number of carbonyl (C=O) groups excluding carboxylic acids is 1. The number of carbonyl (C=O) groups is 2. The molecule has 2 rings (SSSR count). The van der Waals surface area contributed by atoms with E-state index in [1.807, 2.05) is 0 Å². The molecule has 6 heteroatoms. The van der Waals surface area contributed by atoms with Crippen LogP contribution in [-0.2, 0) is 11.2 Å². The molecule has 0 radical (unpaired) electrons. The molecule has 0 spiro atoms. The lowest BCUT2D eigenvalue weighted by molar-refractivity contribution is 0.0696. The van der Waals surface area contributed by atoms with Crippen LogP contribution < -0.4 is 10.2 Å². The zero-order valence-electron chi connectivity index (χ0n) is 11.4. The van der Waals surface area contributed by atoms with Gasteiger partial charge >= 0.3 is 12.0 Å². The van der Waals surface area contributed by atoms with E-state index in [0.717, 1.165) is 24.1 Å². The Balaban J connectivity index is 2.15. The average Bonchev–Trinajstić information content (AvgIpc) is 2.46. The number of carboxylic acids is 1. The van der Waals surface area contributed by atoms with Crippen LogP contribution in [0.15, 0.2) is 18.2 Å². The quantitative estimate of drug-likeness (QED) is 0.818. The van der Waals surface area contributed by atoms with Gasteiger partial charge in [-0.2, -0.15) is 0 Å². The number of nitrogens with zero attached hydrogens (tertiary/aromatic N) is 1. The first-order valence-electron chi connectivity index (χ1n) is 6.54. The molecule has 2 amide bonds. The third-order valence-electron chi connectivity index (χ3n) is 3.27. The number of carboxylic acid groups (broad SMARTS) is 1. The van der Waals surface area contributed by atoms with E-state index in [2.05, 4.69) is 5.32 Å². The number of urea groups is 1. The Morgan fingerprint density at radius 1 is 1.45 bits per heavy atom. The predicted molar refractivity (Wildman–Crippen MR) is 74.3 cm³/mol. The van der Waals surface area contributed by atoms with Gasteiger partial charge in [-0.3, -0.25) is 4.90 Å². The van der Waals surface area contributed by atoms with Crippen molar-refractivity contribution in [1.82, 2.24) is 5.32 Å². The standard InChI is InChI=1S/C14H18N2O4/c1-20-8-6-15-14(19)16-7-2-3-10-9-11(13(17)18)4-5-12(10)16/h4-5,9H,2-3,6-8H2,1H3,(H,15,19)(H,17,18). The first-order valence-corrected chi connectivity index (χ1v) is 6.54. The maximum atomic E-state index is 12.1. The minimum atomic E-state index is -0.950. The number of amides is 2. The highest BCUT2D eigenvalue weighted by Crippen LogP contribution is 2.28. The SMILES string of the molecule is COCCNC(=O)N1CCCc2cc(C(=O)O)ccc21. The summed E-state index contributed by atoms with van der Waals surface area (Å²) in [6, 6.07) is 4.70. The molecule has 1 aliphatic heterocycles. The van der Waals surface area contributed by atoms with E-state index in [4.69, 9.17) is 9.84 Å². The Morgan fingerprint density at radius 2 is 2.25 bits per heavy atom. The molecule has 1 aliphatic rings. The largest absolute Gasteiger partial charge is 0.478 e.